The summed E-state index contributed by atoms with van der Waals surface area (Å²) < 4.78 is 22.2. The number of sulfonamides is 1. The lowest BCUT2D eigenvalue weighted by molar-refractivity contribution is -0.158. The lowest BCUT2D eigenvalue weighted by Crippen LogP contribution is -2.59. The Labute approximate surface area is 207 Å². The molecule has 1 heterocycles. The van der Waals surface area contributed by atoms with Crippen LogP contribution in [0.1, 0.15) is 64.4 Å². The summed E-state index contributed by atoms with van der Waals surface area (Å²) in [6.45, 7) is 4.75. The molecule has 1 aliphatic carbocycles. The highest BCUT2D eigenvalue weighted by molar-refractivity contribution is 7.89. The van der Waals surface area contributed by atoms with Crippen LogP contribution in [-0.4, -0.2) is 55.1 Å². The molecule has 0 unspecified atom stereocenters. The third-order valence-corrected chi connectivity index (χ3v) is 8.45. The van der Waals surface area contributed by atoms with E-state index in [4.69, 9.17) is 16.7 Å². The fraction of sp³-hybridized carbons (Fsp3) is 0.667. The molecule has 2 fully saturated rings. The summed E-state index contributed by atoms with van der Waals surface area (Å²) in [6, 6.07) is 6.93. The van der Waals surface area contributed by atoms with Crippen LogP contribution in [0.25, 0.3) is 0 Å². The molecule has 3 atom stereocenters. The van der Waals surface area contributed by atoms with Gasteiger partial charge in [-0.3, -0.25) is 9.59 Å². The number of nitrogens with two attached hydrogens (primary N) is 1. The van der Waals surface area contributed by atoms with Crippen LogP contribution in [0, 0.1) is 11.3 Å². The van der Waals surface area contributed by atoms with Crippen molar-refractivity contribution >= 4 is 33.4 Å². The Morgan fingerprint density at radius 3 is 2.47 bits per heavy atom. The first-order chi connectivity index (χ1) is 15.8. The van der Waals surface area contributed by atoms with Gasteiger partial charge in [0.2, 0.25) is 21.8 Å². The van der Waals surface area contributed by atoms with Crippen molar-refractivity contribution < 1.29 is 23.1 Å². The molecule has 2 amide bonds. The molecule has 1 saturated carbocycles. The molecular formula is C24H36ClN3O5S. The number of halogens is 1. The molecule has 0 aromatic heterocycles. The molecule has 1 aliphatic heterocycles. The van der Waals surface area contributed by atoms with E-state index in [-0.39, 0.29) is 42.4 Å². The van der Waals surface area contributed by atoms with Gasteiger partial charge in [0.1, 0.15) is 0 Å². The van der Waals surface area contributed by atoms with E-state index in [0.29, 0.717) is 37.4 Å². The molecule has 1 aromatic rings. The zero-order valence-corrected chi connectivity index (χ0v) is 21.5. The number of nitrogens with one attached hydrogen (secondary N) is 1. The van der Waals surface area contributed by atoms with Gasteiger partial charge in [-0.1, -0.05) is 50.4 Å². The van der Waals surface area contributed by atoms with Gasteiger partial charge in [0.25, 0.3) is 0 Å². The average molecular weight is 514 g/mol. The molecule has 0 radical (unpaired) electrons. The first-order valence-electron chi connectivity index (χ1n) is 11.9. The van der Waals surface area contributed by atoms with Gasteiger partial charge >= 0.3 is 0 Å². The Bertz CT molecular complexity index is 998. The Hall–Kier alpha value is -1.68. The van der Waals surface area contributed by atoms with Crippen molar-refractivity contribution in [3.8, 4) is 0 Å². The van der Waals surface area contributed by atoms with Crippen LogP contribution in [0.2, 0.25) is 5.02 Å². The van der Waals surface area contributed by atoms with Gasteiger partial charge in [0, 0.05) is 36.0 Å². The minimum absolute atomic E-state index is 0.000710. The Balaban J connectivity index is 1.65. The molecule has 190 valence electrons. The lowest BCUT2D eigenvalue weighted by Gasteiger charge is -2.51. The number of rotatable bonds is 7. The van der Waals surface area contributed by atoms with Crippen molar-refractivity contribution in [3.05, 3.63) is 34.9 Å². The third-order valence-electron chi connectivity index (χ3n) is 7.34. The maximum Gasteiger partial charge on any atom is 0.227 e. The van der Waals surface area contributed by atoms with Crippen LogP contribution in [0.4, 0.5) is 0 Å². The second-order valence-electron chi connectivity index (χ2n) is 10.3. The smallest absolute Gasteiger partial charge is 0.227 e. The highest BCUT2D eigenvalue weighted by Gasteiger charge is 2.50. The molecule has 1 saturated heterocycles. The van der Waals surface area contributed by atoms with E-state index in [1.807, 2.05) is 30.9 Å². The summed E-state index contributed by atoms with van der Waals surface area (Å²) in [6.07, 6.45) is 3.86. The number of primary sulfonamides is 1. The summed E-state index contributed by atoms with van der Waals surface area (Å²) in [4.78, 5) is 27.8. The van der Waals surface area contributed by atoms with Crippen molar-refractivity contribution in [1.29, 1.82) is 0 Å². The number of carbonyl (C=O) groups excluding carboxylic acids is 2. The predicted molar refractivity (Wildman–Crippen MR) is 131 cm³/mol. The number of aliphatic hydroxyl groups is 1. The number of amides is 2. The van der Waals surface area contributed by atoms with E-state index in [2.05, 4.69) is 5.32 Å². The number of likely N-dealkylation sites (tertiary alicyclic amines) is 1. The van der Waals surface area contributed by atoms with Crippen LogP contribution < -0.4 is 10.5 Å². The Morgan fingerprint density at radius 1 is 1.21 bits per heavy atom. The van der Waals surface area contributed by atoms with Crippen LogP contribution in [0.5, 0.6) is 0 Å². The van der Waals surface area contributed by atoms with Gasteiger partial charge in [0.05, 0.1) is 17.3 Å². The van der Waals surface area contributed by atoms with Crippen molar-refractivity contribution in [2.75, 3.05) is 18.8 Å². The van der Waals surface area contributed by atoms with Crippen molar-refractivity contribution in [1.82, 2.24) is 10.2 Å². The van der Waals surface area contributed by atoms with Gasteiger partial charge in [-0.25, -0.2) is 13.6 Å². The molecule has 0 bridgehead atoms. The zero-order valence-electron chi connectivity index (χ0n) is 19.9. The standard InChI is InChI=1S/C24H36ClN3O5S/c1-23(2)16-28(14-13-24(23,31)17-9-11-18(25)12-10-17)22(30)19-6-3-4-7-20(19)27-21(29)8-5-15-34(26,32)33/h9-12,19-20,31H,3-8,13-16H2,1-2H3,(H,27,29)(H2,26,32,33)/t19-,20+,24-/m0/s1. The molecular weight excluding hydrogens is 478 g/mol. The van der Waals surface area contributed by atoms with Crippen molar-refractivity contribution in [3.63, 3.8) is 0 Å². The van der Waals surface area contributed by atoms with Crippen LogP contribution in [0.3, 0.4) is 0 Å². The van der Waals surface area contributed by atoms with Gasteiger partial charge in [0.15, 0.2) is 0 Å². The topological polar surface area (TPSA) is 130 Å². The average Bonchev–Trinajstić information content (AvgIpc) is 2.75. The SMILES string of the molecule is CC1(C)CN(C(=O)[C@H]2CCCC[C@H]2NC(=O)CCCS(N)(=O)=O)CC[C@]1(O)c1ccc(Cl)cc1. The summed E-state index contributed by atoms with van der Waals surface area (Å²) in [7, 11) is -3.60. The third kappa shape index (κ3) is 6.30. The summed E-state index contributed by atoms with van der Waals surface area (Å²) in [5.41, 5.74) is -0.885. The number of benzene rings is 1. The molecule has 10 heteroatoms. The monoisotopic (exact) mass is 513 g/mol. The second kappa shape index (κ2) is 10.5. The van der Waals surface area contributed by atoms with E-state index in [1.165, 1.54) is 0 Å². The van der Waals surface area contributed by atoms with E-state index in [1.54, 1.807) is 12.1 Å². The highest BCUT2D eigenvalue weighted by Crippen LogP contribution is 2.46. The first-order valence-corrected chi connectivity index (χ1v) is 14.0. The molecule has 1 aromatic carbocycles. The maximum atomic E-state index is 13.6. The number of hydrogen-bond acceptors (Lipinski definition) is 5. The quantitative estimate of drug-likeness (QED) is 0.515. The lowest BCUT2D eigenvalue weighted by atomic mass is 9.66. The van der Waals surface area contributed by atoms with E-state index in [9.17, 15) is 23.1 Å². The zero-order chi connectivity index (χ0) is 25.1. The number of piperidine rings is 1. The van der Waals surface area contributed by atoms with Crippen molar-refractivity contribution in [2.45, 2.75) is 70.4 Å². The molecule has 34 heavy (non-hydrogen) atoms. The van der Waals surface area contributed by atoms with Gasteiger partial charge < -0.3 is 15.3 Å². The van der Waals surface area contributed by atoms with Crippen molar-refractivity contribution in [2.24, 2.45) is 16.5 Å². The fourth-order valence-corrected chi connectivity index (χ4v) is 5.99. The fourth-order valence-electron chi connectivity index (χ4n) is 5.32. The van der Waals surface area contributed by atoms with E-state index < -0.39 is 21.0 Å². The number of nitrogens with zero attached hydrogens (tertiary/aromatic N) is 1. The first kappa shape index (κ1) is 26.9. The summed E-state index contributed by atoms with van der Waals surface area (Å²) >= 11 is 6.02. The molecule has 3 rings (SSSR count). The molecule has 2 aliphatic rings. The van der Waals surface area contributed by atoms with Gasteiger partial charge in [-0.2, -0.15) is 0 Å². The Kier molecular flexibility index (Phi) is 8.33. The minimum atomic E-state index is -3.60. The number of hydrogen-bond donors (Lipinski definition) is 3. The predicted octanol–water partition coefficient (Wildman–Crippen LogP) is 2.53. The van der Waals surface area contributed by atoms with Crippen LogP contribution >= 0.6 is 11.6 Å². The van der Waals surface area contributed by atoms with Crippen LogP contribution in [-0.2, 0) is 25.2 Å². The molecule has 8 nitrogen and oxygen atoms in total. The Morgan fingerprint density at radius 2 is 1.85 bits per heavy atom. The summed E-state index contributed by atoms with van der Waals surface area (Å²) in [5, 5.41) is 20.2. The maximum absolute atomic E-state index is 13.6. The van der Waals surface area contributed by atoms with Gasteiger partial charge in [-0.15, -0.1) is 0 Å². The number of carbonyl (C=O) groups is 2. The van der Waals surface area contributed by atoms with E-state index >= 15 is 0 Å². The molecule has 0 spiro atoms. The highest BCUT2D eigenvalue weighted by atomic mass is 35.5. The largest absolute Gasteiger partial charge is 0.384 e. The normalized spacial score (nSPS) is 27.3. The van der Waals surface area contributed by atoms with Gasteiger partial charge in [-0.05, 0) is 43.4 Å². The van der Waals surface area contributed by atoms with E-state index in [0.717, 1.165) is 18.4 Å². The van der Waals surface area contributed by atoms with Crippen LogP contribution in [0.15, 0.2) is 24.3 Å². The minimum Gasteiger partial charge on any atom is -0.384 e. The summed E-state index contributed by atoms with van der Waals surface area (Å²) in [5.74, 6) is -0.828. The molecule has 4 N–H and O–H groups in total. The second-order valence-corrected chi connectivity index (χ2v) is 12.5.